The second kappa shape index (κ2) is 10.8. The molecule has 0 bridgehead atoms. The zero-order chi connectivity index (χ0) is 27.0. The molecular weight excluding hydrogens is 514 g/mol. The maximum absolute atomic E-state index is 13.8. The van der Waals surface area contributed by atoms with E-state index >= 15 is 0 Å². The predicted octanol–water partition coefficient (Wildman–Crippen LogP) is 2.56. The van der Waals surface area contributed by atoms with Crippen molar-refractivity contribution in [2.75, 3.05) is 40.3 Å². The average molecular weight is 548 g/mol. The van der Waals surface area contributed by atoms with Crippen molar-refractivity contribution in [3.8, 4) is 0 Å². The molecule has 0 aromatic heterocycles. The van der Waals surface area contributed by atoms with Gasteiger partial charge < -0.3 is 9.64 Å². The van der Waals surface area contributed by atoms with Crippen molar-refractivity contribution in [1.29, 1.82) is 0 Å². The van der Waals surface area contributed by atoms with Gasteiger partial charge in [-0.2, -0.15) is 4.31 Å². The zero-order valence-electron chi connectivity index (χ0n) is 21.5. The van der Waals surface area contributed by atoms with Gasteiger partial charge in [0.25, 0.3) is 0 Å². The fraction of sp³-hybridized carbons (Fsp3) is 0.462. The number of carbonyl (C=O) groups is 2. The summed E-state index contributed by atoms with van der Waals surface area (Å²) in [6.45, 7) is 4.46. The lowest BCUT2D eigenvalue weighted by Gasteiger charge is -2.42. The number of benzene rings is 2. The van der Waals surface area contributed by atoms with Crippen molar-refractivity contribution in [2.45, 2.75) is 48.3 Å². The molecule has 1 spiro atoms. The normalized spacial score (nSPS) is 21.4. The number of likely N-dealkylation sites (N-methyl/N-ethyl adjacent to an activating group) is 1. The van der Waals surface area contributed by atoms with Gasteiger partial charge in [-0.1, -0.05) is 24.3 Å². The number of ether oxygens (including phenoxy) is 1. The number of rotatable bonds is 8. The van der Waals surface area contributed by atoms with Gasteiger partial charge in [0, 0.05) is 50.1 Å². The number of nitrogens with zero attached hydrogens (tertiary/aromatic N) is 3. The van der Waals surface area contributed by atoms with E-state index in [2.05, 4.69) is 0 Å². The molecule has 2 aliphatic rings. The summed E-state index contributed by atoms with van der Waals surface area (Å²) in [5.74, 6) is -0.188. The Hall–Kier alpha value is -2.28. The highest BCUT2D eigenvalue weighted by molar-refractivity contribution is 7.89. The molecule has 0 amide bonds. The van der Waals surface area contributed by atoms with Gasteiger partial charge in [-0.3, -0.25) is 9.59 Å². The Morgan fingerprint density at radius 2 is 1.49 bits per heavy atom. The van der Waals surface area contributed by atoms with E-state index in [1.807, 2.05) is 23.3 Å². The lowest BCUT2D eigenvalue weighted by atomic mass is 10.0. The van der Waals surface area contributed by atoms with Gasteiger partial charge >= 0.3 is 0 Å². The second-order valence-corrected chi connectivity index (χ2v) is 13.2. The summed E-state index contributed by atoms with van der Waals surface area (Å²) in [5.41, 5.74) is -0.0384. The van der Waals surface area contributed by atoms with Crippen molar-refractivity contribution in [1.82, 2.24) is 13.5 Å². The summed E-state index contributed by atoms with van der Waals surface area (Å²) in [5, 5.41) is 0. The highest BCUT2D eigenvalue weighted by Crippen LogP contribution is 2.41. The van der Waals surface area contributed by atoms with E-state index in [9.17, 15) is 22.2 Å². The van der Waals surface area contributed by atoms with Gasteiger partial charge in [0.05, 0.1) is 15.9 Å². The van der Waals surface area contributed by atoms with Crippen LogP contribution in [0.2, 0.25) is 0 Å². The van der Waals surface area contributed by atoms with Gasteiger partial charge in [-0.05, 0) is 52.2 Å². The maximum atomic E-state index is 13.8. The van der Waals surface area contributed by atoms with Crippen LogP contribution in [0.3, 0.4) is 0 Å². The van der Waals surface area contributed by atoms with Crippen LogP contribution in [-0.2, 0) is 25.7 Å². The standard InChI is InChI=1S/C26H33N3O6S2/c1-19(30)21-5-9-24(10-6-21)36(32)28-15-13-26(14-16-28)29(18-23(35-26)17-27(3)4)37(33,34)25-11-7-22(8-12-25)20(2)31/h5-12,23H,13-18H2,1-4H3. The topological polar surface area (TPSA) is 104 Å². The zero-order valence-corrected chi connectivity index (χ0v) is 23.2. The van der Waals surface area contributed by atoms with Crippen LogP contribution in [0.5, 0.6) is 0 Å². The molecule has 2 aliphatic heterocycles. The summed E-state index contributed by atoms with van der Waals surface area (Å²) >= 11 is 0. The van der Waals surface area contributed by atoms with Crippen LogP contribution < -0.4 is 0 Å². The molecule has 2 unspecified atom stereocenters. The number of hydrogen-bond donors (Lipinski definition) is 0. The van der Waals surface area contributed by atoms with E-state index in [1.165, 1.54) is 42.4 Å². The highest BCUT2D eigenvalue weighted by Gasteiger charge is 2.54. The van der Waals surface area contributed by atoms with Crippen LogP contribution in [0.1, 0.15) is 47.4 Å². The van der Waals surface area contributed by atoms with Crippen molar-refractivity contribution >= 4 is 32.6 Å². The van der Waals surface area contributed by atoms with Crippen LogP contribution in [0.15, 0.2) is 58.3 Å². The Kier molecular flexibility index (Phi) is 8.13. The van der Waals surface area contributed by atoms with Crippen LogP contribution in [-0.4, -0.2) is 89.8 Å². The number of ketones is 2. The largest absolute Gasteiger partial charge is 0.353 e. The predicted molar refractivity (Wildman–Crippen MR) is 140 cm³/mol. The molecule has 2 heterocycles. The highest BCUT2D eigenvalue weighted by atomic mass is 32.2. The first kappa shape index (κ1) is 27.7. The van der Waals surface area contributed by atoms with Crippen molar-refractivity contribution in [3.63, 3.8) is 0 Å². The van der Waals surface area contributed by atoms with Gasteiger partial charge in [0.2, 0.25) is 10.0 Å². The van der Waals surface area contributed by atoms with E-state index in [4.69, 9.17) is 4.74 Å². The summed E-state index contributed by atoms with van der Waals surface area (Å²) in [4.78, 5) is 25.9. The average Bonchev–Trinajstić information content (AvgIpc) is 3.21. The fourth-order valence-corrected chi connectivity index (χ4v) is 7.83. The van der Waals surface area contributed by atoms with Gasteiger partial charge in [-0.25, -0.2) is 16.9 Å². The number of hydrogen-bond acceptors (Lipinski definition) is 7. The molecule has 2 fully saturated rings. The molecule has 200 valence electrons. The van der Waals surface area contributed by atoms with Crippen molar-refractivity contribution < 1.29 is 27.0 Å². The summed E-state index contributed by atoms with van der Waals surface area (Å²) in [7, 11) is -1.52. The minimum Gasteiger partial charge on any atom is -0.353 e. The molecule has 0 aliphatic carbocycles. The minimum atomic E-state index is -3.91. The summed E-state index contributed by atoms with van der Waals surface area (Å²) in [6, 6.07) is 12.7. The van der Waals surface area contributed by atoms with Crippen LogP contribution in [0.4, 0.5) is 0 Å². The first-order valence-corrected chi connectivity index (χ1v) is 14.7. The number of Topliss-reactive ketones (excluding diaryl/α,β-unsaturated/α-hetero) is 2. The molecular formula is C26H33N3O6S2. The molecule has 0 radical (unpaired) electrons. The van der Waals surface area contributed by atoms with E-state index in [0.29, 0.717) is 48.5 Å². The Morgan fingerprint density at radius 3 is 1.97 bits per heavy atom. The quantitative estimate of drug-likeness (QED) is 0.468. The third-order valence-corrected chi connectivity index (χ3v) is 10.3. The fourth-order valence-electron chi connectivity index (χ4n) is 4.89. The molecule has 2 aromatic rings. The van der Waals surface area contributed by atoms with E-state index in [0.717, 1.165) is 0 Å². The first-order valence-electron chi connectivity index (χ1n) is 12.2. The molecule has 0 saturated carbocycles. The van der Waals surface area contributed by atoms with E-state index in [1.54, 1.807) is 24.3 Å². The molecule has 2 aromatic carbocycles. The van der Waals surface area contributed by atoms with Gasteiger partial charge in [0.1, 0.15) is 16.7 Å². The summed E-state index contributed by atoms with van der Waals surface area (Å²) in [6.07, 6.45) is 0.412. The van der Waals surface area contributed by atoms with Crippen LogP contribution >= 0.6 is 0 Å². The lowest BCUT2D eigenvalue weighted by Crippen LogP contribution is -2.55. The first-order chi connectivity index (χ1) is 17.4. The van der Waals surface area contributed by atoms with E-state index in [-0.39, 0.29) is 29.1 Å². The Morgan fingerprint density at radius 1 is 0.973 bits per heavy atom. The van der Waals surface area contributed by atoms with Crippen molar-refractivity contribution in [2.24, 2.45) is 0 Å². The molecule has 37 heavy (non-hydrogen) atoms. The van der Waals surface area contributed by atoms with Crippen molar-refractivity contribution in [3.05, 3.63) is 59.7 Å². The monoisotopic (exact) mass is 547 g/mol. The molecule has 2 atom stereocenters. The summed E-state index contributed by atoms with van der Waals surface area (Å²) < 4.78 is 50.5. The Labute approximate surface area is 221 Å². The van der Waals surface area contributed by atoms with Crippen LogP contribution in [0.25, 0.3) is 0 Å². The number of carbonyl (C=O) groups excluding carboxylic acids is 2. The third kappa shape index (κ3) is 5.76. The Balaban J connectivity index is 1.56. The van der Waals surface area contributed by atoms with Gasteiger partial charge in [0.15, 0.2) is 11.6 Å². The number of piperidine rings is 1. The minimum absolute atomic E-state index is 0.0554. The lowest BCUT2D eigenvalue weighted by molar-refractivity contribution is -0.108. The maximum Gasteiger partial charge on any atom is 0.245 e. The second-order valence-electron chi connectivity index (χ2n) is 9.82. The van der Waals surface area contributed by atoms with Crippen LogP contribution in [0, 0.1) is 0 Å². The molecule has 11 heteroatoms. The molecule has 2 saturated heterocycles. The number of sulfonamides is 1. The molecule has 9 nitrogen and oxygen atoms in total. The smallest absolute Gasteiger partial charge is 0.245 e. The van der Waals surface area contributed by atoms with Gasteiger partial charge in [-0.15, -0.1) is 0 Å². The van der Waals surface area contributed by atoms with E-state index < -0.39 is 26.7 Å². The molecule has 4 rings (SSSR count). The Bertz CT molecular complexity index is 1280. The third-order valence-electron chi connectivity index (χ3n) is 6.83. The molecule has 0 N–H and O–H groups in total. The SMILES string of the molecule is CC(=O)c1ccc(S(=O)N2CCC3(CC2)OC(CN(C)C)CN3S(=O)(=O)c2ccc(C(C)=O)cc2)cc1.